The predicted octanol–water partition coefficient (Wildman–Crippen LogP) is 2.78. The van der Waals surface area contributed by atoms with Crippen molar-refractivity contribution in [2.24, 2.45) is 0 Å². The van der Waals surface area contributed by atoms with Crippen LogP contribution in [-0.4, -0.2) is 34.2 Å². The molecule has 0 aromatic heterocycles. The van der Waals surface area contributed by atoms with Crippen molar-refractivity contribution in [1.29, 1.82) is 0 Å². The Hall–Kier alpha value is -4.15. The number of nitro benzene ring substituents is 2. The summed E-state index contributed by atoms with van der Waals surface area (Å²) in [5, 5.41) is 22.0. The number of hydrogen-bond acceptors (Lipinski definition) is 9. The van der Waals surface area contributed by atoms with E-state index in [2.05, 4.69) is 0 Å². The van der Waals surface area contributed by atoms with Crippen LogP contribution in [0.15, 0.2) is 36.4 Å². The van der Waals surface area contributed by atoms with Gasteiger partial charge in [0.1, 0.15) is 5.75 Å². The molecule has 0 saturated carbocycles. The number of ketones is 1. The molecule has 0 unspecified atom stereocenters. The van der Waals surface area contributed by atoms with Crippen molar-refractivity contribution >= 4 is 29.1 Å². The number of nitro groups is 2. The third kappa shape index (κ3) is 5.19. The molecule has 11 heteroatoms. The monoisotopic (exact) mass is 402 g/mol. The Kier molecular flexibility index (Phi) is 6.34. The van der Waals surface area contributed by atoms with Gasteiger partial charge in [-0.25, -0.2) is 4.79 Å². The second-order valence-corrected chi connectivity index (χ2v) is 5.77. The quantitative estimate of drug-likeness (QED) is 0.223. The number of ether oxygens (including phenoxy) is 2. The lowest BCUT2D eigenvalue weighted by Gasteiger charge is -2.08. The van der Waals surface area contributed by atoms with Crippen LogP contribution in [0.5, 0.6) is 5.75 Å². The summed E-state index contributed by atoms with van der Waals surface area (Å²) in [5.41, 5.74) is -1.61. The number of Topliss-reactive ketones (excluding diaryl/α,β-unsaturated/α-hetero) is 1. The van der Waals surface area contributed by atoms with Gasteiger partial charge in [0.15, 0.2) is 12.4 Å². The van der Waals surface area contributed by atoms with Crippen molar-refractivity contribution in [2.75, 3.05) is 6.61 Å². The highest BCUT2D eigenvalue weighted by Gasteiger charge is 2.26. The lowest BCUT2D eigenvalue weighted by Crippen LogP contribution is -2.16. The molecule has 29 heavy (non-hydrogen) atoms. The van der Waals surface area contributed by atoms with Crippen LogP contribution in [-0.2, 0) is 9.53 Å². The van der Waals surface area contributed by atoms with Crippen LogP contribution < -0.4 is 4.74 Å². The first-order chi connectivity index (χ1) is 13.6. The molecule has 0 atom stereocenters. The fourth-order valence-corrected chi connectivity index (χ4v) is 2.36. The Balaban J connectivity index is 2.16. The van der Waals surface area contributed by atoms with Gasteiger partial charge in [-0.05, 0) is 31.2 Å². The summed E-state index contributed by atoms with van der Waals surface area (Å²) in [7, 11) is 0. The van der Waals surface area contributed by atoms with Gasteiger partial charge in [0.2, 0.25) is 0 Å². The van der Waals surface area contributed by atoms with Crippen molar-refractivity contribution < 1.29 is 33.7 Å². The van der Waals surface area contributed by atoms with Gasteiger partial charge in [-0.3, -0.25) is 29.8 Å². The number of carbonyl (C=O) groups excluding carboxylic acids is 3. The number of rotatable bonds is 7. The first-order valence-electron chi connectivity index (χ1n) is 8.02. The smallest absolute Gasteiger partial charge is 0.339 e. The van der Waals surface area contributed by atoms with E-state index in [1.807, 2.05) is 0 Å². The van der Waals surface area contributed by atoms with E-state index in [4.69, 9.17) is 9.47 Å². The standard InChI is InChI=1S/C18H14N2O9/c1-10-15(7-13(19(24)25)8-16(10)20(26)27)18(23)28-9-17(22)12-3-5-14(6-4-12)29-11(2)21/h3-8H,9H2,1-2H3. The summed E-state index contributed by atoms with van der Waals surface area (Å²) < 4.78 is 9.70. The molecule has 0 spiro atoms. The predicted molar refractivity (Wildman–Crippen MR) is 96.9 cm³/mol. The second-order valence-electron chi connectivity index (χ2n) is 5.77. The molecule has 2 aromatic rings. The topological polar surface area (TPSA) is 156 Å². The number of nitrogens with zero attached hydrogens (tertiary/aromatic N) is 2. The van der Waals surface area contributed by atoms with E-state index in [-0.39, 0.29) is 22.4 Å². The van der Waals surface area contributed by atoms with Crippen LogP contribution in [0.2, 0.25) is 0 Å². The number of non-ortho nitro benzene ring substituents is 1. The molecular formula is C18H14N2O9. The molecule has 0 N–H and O–H groups in total. The minimum atomic E-state index is -1.11. The zero-order valence-electron chi connectivity index (χ0n) is 15.2. The molecule has 0 fully saturated rings. The van der Waals surface area contributed by atoms with Gasteiger partial charge in [0, 0.05) is 24.1 Å². The molecule has 0 heterocycles. The number of esters is 2. The van der Waals surface area contributed by atoms with E-state index in [1.54, 1.807) is 0 Å². The van der Waals surface area contributed by atoms with E-state index in [0.29, 0.717) is 0 Å². The summed E-state index contributed by atoms with van der Waals surface area (Å²) in [4.78, 5) is 55.6. The maximum Gasteiger partial charge on any atom is 0.339 e. The summed E-state index contributed by atoms with van der Waals surface area (Å²) in [6, 6.07) is 7.07. The maximum atomic E-state index is 12.2. The number of carbonyl (C=O) groups is 3. The van der Waals surface area contributed by atoms with Crippen molar-refractivity contribution in [2.45, 2.75) is 13.8 Å². The SMILES string of the molecule is CC(=O)Oc1ccc(C(=O)COC(=O)c2cc([N+](=O)[O-])cc([N+](=O)[O-])c2C)cc1. The first-order valence-corrected chi connectivity index (χ1v) is 8.02. The summed E-state index contributed by atoms with van der Waals surface area (Å²) >= 11 is 0. The summed E-state index contributed by atoms with van der Waals surface area (Å²) in [6.07, 6.45) is 0. The molecule has 2 rings (SSSR count). The lowest BCUT2D eigenvalue weighted by atomic mass is 10.1. The minimum absolute atomic E-state index is 0.121. The Morgan fingerprint density at radius 2 is 1.62 bits per heavy atom. The molecule has 0 amide bonds. The largest absolute Gasteiger partial charge is 0.454 e. The van der Waals surface area contributed by atoms with Gasteiger partial charge < -0.3 is 9.47 Å². The van der Waals surface area contributed by atoms with Crippen molar-refractivity contribution in [1.82, 2.24) is 0 Å². The first kappa shape index (κ1) is 21.2. The third-order valence-corrected chi connectivity index (χ3v) is 3.76. The Labute approximate surface area is 163 Å². The zero-order chi connectivity index (χ0) is 21.7. The van der Waals surface area contributed by atoms with E-state index < -0.39 is 45.6 Å². The highest BCUT2D eigenvalue weighted by Crippen LogP contribution is 2.28. The molecule has 0 saturated heterocycles. The fourth-order valence-electron chi connectivity index (χ4n) is 2.36. The van der Waals surface area contributed by atoms with Gasteiger partial charge in [-0.2, -0.15) is 0 Å². The number of hydrogen-bond donors (Lipinski definition) is 0. The normalized spacial score (nSPS) is 10.1. The van der Waals surface area contributed by atoms with Crippen molar-refractivity contribution in [3.63, 3.8) is 0 Å². The molecule has 2 aromatic carbocycles. The van der Waals surface area contributed by atoms with Gasteiger partial charge in [0.25, 0.3) is 11.4 Å². The summed E-state index contributed by atoms with van der Waals surface area (Å²) in [5.74, 6) is -2.01. The molecule has 0 bridgehead atoms. The Morgan fingerprint density at radius 1 is 1.00 bits per heavy atom. The average molecular weight is 402 g/mol. The molecular weight excluding hydrogens is 388 g/mol. The van der Waals surface area contributed by atoms with Gasteiger partial charge in [-0.15, -0.1) is 0 Å². The van der Waals surface area contributed by atoms with Gasteiger partial charge in [-0.1, -0.05) is 0 Å². The van der Waals surface area contributed by atoms with Crippen molar-refractivity contribution in [3.8, 4) is 5.75 Å². The van der Waals surface area contributed by atoms with Gasteiger partial charge in [0.05, 0.1) is 21.5 Å². The Bertz CT molecular complexity index is 1010. The summed E-state index contributed by atoms with van der Waals surface area (Å²) in [6.45, 7) is 1.77. The van der Waals surface area contributed by atoms with Crippen LogP contribution >= 0.6 is 0 Å². The molecule has 0 aliphatic rings. The Morgan fingerprint density at radius 3 is 2.14 bits per heavy atom. The average Bonchev–Trinajstić information content (AvgIpc) is 2.65. The fraction of sp³-hybridized carbons (Fsp3) is 0.167. The van der Waals surface area contributed by atoms with Gasteiger partial charge >= 0.3 is 11.9 Å². The van der Waals surface area contributed by atoms with Crippen LogP contribution in [0, 0.1) is 27.2 Å². The highest BCUT2D eigenvalue weighted by atomic mass is 16.6. The van der Waals surface area contributed by atoms with Crippen LogP contribution in [0.25, 0.3) is 0 Å². The molecule has 0 aliphatic heterocycles. The molecule has 11 nitrogen and oxygen atoms in total. The van der Waals surface area contributed by atoms with Crippen molar-refractivity contribution in [3.05, 3.63) is 73.3 Å². The maximum absolute atomic E-state index is 12.2. The van der Waals surface area contributed by atoms with Crippen LogP contribution in [0.1, 0.15) is 33.2 Å². The molecule has 0 aliphatic carbocycles. The van der Waals surface area contributed by atoms with E-state index >= 15 is 0 Å². The minimum Gasteiger partial charge on any atom is -0.454 e. The zero-order valence-corrected chi connectivity index (χ0v) is 15.2. The third-order valence-electron chi connectivity index (χ3n) is 3.76. The molecule has 0 radical (unpaired) electrons. The van der Waals surface area contributed by atoms with E-state index in [0.717, 1.165) is 12.1 Å². The number of benzene rings is 2. The van der Waals surface area contributed by atoms with Crippen LogP contribution in [0.3, 0.4) is 0 Å². The van der Waals surface area contributed by atoms with E-state index in [1.165, 1.54) is 38.1 Å². The van der Waals surface area contributed by atoms with Crippen LogP contribution in [0.4, 0.5) is 11.4 Å². The molecule has 150 valence electrons. The highest BCUT2D eigenvalue weighted by molar-refractivity contribution is 6.00. The van der Waals surface area contributed by atoms with E-state index in [9.17, 15) is 34.6 Å². The second kappa shape index (κ2) is 8.69. The lowest BCUT2D eigenvalue weighted by molar-refractivity contribution is -0.394.